The number of nitrogens with two attached hydrogens (primary N) is 1. The minimum absolute atomic E-state index is 0.773. The van der Waals surface area contributed by atoms with Crippen molar-refractivity contribution in [3.63, 3.8) is 0 Å². The molecule has 0 saturated carbocycles. The van der Waals surface area contributed by atoms with Crippen molar-refractivity contribution in [1.29, 1.82) is 0 Å². The zero-order valence-electron chi connectivity index (χ0n) is 13.8. The highest BCUT2D eigenvalue weighted by Crippen LogP contribution is 1.97. The average Bonchev–Trinajstić information content (AvgIpc) is 2.55. The Morgan fingerprint density at radius 2 is 1.23 bits per heavy atom. The number of aliphatic hydroxyl groups excluding tert-OH is 2. The summed E-state index contributed by atoms with van der Waals surface area (Å²) in [5.74, 6) is -6.10. The van der Waals surface area contributed by atoms with Crippen molar-refractivity contribution in [2.75, 3.05) is 13.2 Å². The highest BCUT2D eigenvalue weighted by atomic mass is 16.4. The monoisotopic (exact) mass is 378 g/mol. The van der Waals surface area contributed by atoms with Gasteiger partial charge in [0, 0.05) is 0 Å². The van der Waals surface area contributed by atoms with E-state index in [1.165, 1.54) is 6.92 Å². The Bertz CT molecular complexity index is 552. The molecule has 4 unspecified atom stereocenters. The maximum absolute atomic E-state index is 12.1. The summed E-state index contributed by atoms with van der Waals surface area (Å²) < 4.78 is 0. The normalized spacial score (nSPS) is 15.1. The number of rotatable bonds is 11. The van der Waals surface area contributed by atoms with Crippen LogP contribution in [0.3, 0.4) is 0 Å². The predicted molar refractivity (Wildman–Crippen MR) is 83.5 cm³/mol. The Hall–Kier alpha value is -2.77. The summed E-state index contributed by atoms with van der Waals surface area (Å²) in [5, 5.41) is 41.6. The molecule has 0 heterocycles. The number of carboxylic acid groups (broad SMARTS) is 2. The van der Waals surface area contributed by atoms with Crippen molar-refractivity contribution < 1.29 is 44.4 Å². The van der Waals surface area contributed by atoms with Gasteiger partial charge in [-0.1, -0.05) is 0 Å². The van der Waals surface area contributed by atoms with Crippen LogP contribution in [0.5, 0.6) is 0 Å². The fourth-order valence-corrected chi connectivity index (χ4v) is 1.61. The van der Waals surface area contributed by atoms with E-state index in [9.17, 15) is 29.1 Å². The maximum Gasteiger partial charge on any atom is 0.328 e. The zero-order valence-corrected chi connectivity index (χ0v) is 13.8. The van der Waals surface area contributed by atoms with Gasteiger partial charge in [0.15, 0.2) is 0 Å². The van der Waals surface area contributed by atoms with Crippen LogP contribution in [0.2, 0.25) is 0 Å². The van der Waals surface area contributed by atoms with E-state index in [1.807, 2.05) is 10.6 Å². The van der Waals surface area contributed by atoms with Crippen LogP contribution in [-0.4, -0.2) is 87.5 Å². The number of hydrogen-bond donors (Lipinski definition) is 8. The van der Waals surface area contributed by atoms with Gasteiger partial charge in [0.25, 0.3) is 0 Å². The smallest absolute Gasteiger partial charge is 0.328 e. The van der Waals surface area contributed by atoms with Crippen LogP contribution in [0.1, 0.15) is 13.3 Å². The molecule has 0 aromatic heterocycles. The third-order valence-corrected chi connectivity index (χ3v) is 3.04. The van der Waals surface area contributed by atoms with Crippen LogP contribution >= 0.6 is 0 Å². The second kappa shape index (κ2) is 11.0. The molecule has 0 aliphatic heterocycles. The molecular formula is C13H22N4O9. The van der Waals surface area contributed by atoms with E-state index in [4.69, 9.17) is 21.1 Å². The van der Waals surface area contributed by atoms with E-state index in [0.29, 0.717) is 0 Å². The third-order valence-electron chi connectivity index (χ3n) is 3.04. The number of amides is 3. The number of carbonyl (C=O) groups excluding carboxylic acids is 3. The molecule has 0 aliphatic rings. The molecule has 0 aromatic carbocycles. The second-order valence-corrected chi connectivity index (χ2v) is 5.27. The Morgan fingerprint density at radius 3 is 1.62 bits per heavy atom. The first-order valence-electron chi connectivity index (χ1n) is 7.36. The molecule has 0 saturated heterocycles. The van der Waals surface area contributed by atoms with E-state index < -0.39 is 73.5 Å². The van der Waals surface area contributed by atoms with Gasteiger partial charge in [0.1, 0.15) is 18.1 Å². The highest BCUT2D eigenvalue weighted by molar-refractivity contribution is 5.95. The largest absolute Gasteiger partial charge is 0.481 e. The Morgan fingerprint density at radius 1 is 0.808 bits per heavy atom. The van der Waals surface area contributed by atoms with Crippen molar-refractivity contribution >= 4 is 29.7 Å². The van der Waals surface area contributed by atoms with Crippen LogP contribution in [0.25, 0.3) is 0 Å². The zero-order chi connectivity index (χ0) is 20.4. The van der Waals surface area contributed by atoms with Gasteiger partial charge >= 0.3 is 11.9 Å². The lowest BCUT2D eigenvalue weighted by molar-refractivity contribution is -0.144. The van der Waals surface area contributed by atoms with E-state index in [0.717, 1.165) is 0 Å². The minimum atomic E-state index is -1.71. The molecule has 3 amide bonds. The molecule has 0 aliphatic carbocycles. The van der Waals surface area contributed by atoms with Gasteiger partial charge in [-0.05, 0) is 6.92 Å². The summed E-state index contributed by atoms with van der Waals surface area (Å²) in [7, 11) is 0. The van der Waals surface area contributed by atoms with E-state index in [-0.39, 0.29) is 0 Å². The van der Waals surface area contributed by atoms with Gasteiger partial charge in [-0.3, -0.25) is 19.2 Å². The maximum atomic E-state index is 12.1. The lowest BCUT2D eigenvalue weighted by Gasteiger charge is -2.22. The second-order valence-electron chi connectivity index (χ2n) is 5.27. The summed E-state index contributed by atoms with van der Waals surface area (Å²) in [6.07, 6.45) is -0.908. The molecule has 9 N–H and O–H groups in total. The van der Waals surface area contributed by atoms with Crippen molar-refractivity contribution in [3.8, 4) is 0 Å². The molecular weight excluding hydrogens is 356 g/mol. The molecule has 0 fully saturated rings. The number of carboxylic acids is 2. The Labute approximate surface area is 147 Å². The fraction of sp³-hybridized carbons (Fsp3) is 0.615. The number of carbonyl (C=O) groups is 5. The molecule has 13 nitrogen and oxygen atoms in total. The Balaban J connectivity index is 5.15. The molecule has 148 valence electrons. The summed E-state index contributed by atoms with van der Waals surface area (Å²) in [4.78, 5) is 57.2. The minimum Gasteiger partial charge on any atom is -0.481 e. The SMILES string of the molecule is CC(N)C(=O)NC(CO)C(=O)NC(CC(=O)O)C(=O)NC(CO)C(=O)O. The number of hydrogen-bond acceptors (Lipinski definition) is 8. The van der Waals surface area contributed by atoms with E-state index in [2.05, 4.69) is 5.32 Å². The lowest BCUT2D eigenvalue weighted by atomic mass is 10.1. The molecule has 0 rings (SSSR count). The summed E-state index contributed by atoms with van der Waals surface area (Å²) in [5.41, 5.74) is 5.31. The molecule has 0 bridgehead atoms. The first-order chi connectivity index (χ1) is 12.0. The third kappa shape index (κ3) is 7.87. The van der Waals surface area contributed by atoms with Gasteiger partial charge in [-0.25, -0.2) is 4.79 Å². The van der Waals surface area contributed by atoms with Crippen LogP contribution in [0, 0.1) is 0 Å². The van der Waals surface area contributed by atoms with Gasteiger partial charge in [0.2, 0.25) is 17.7 Å². The van der Waals surface area contributed by atoms with Crippen LogP contribution in [-0.2, 0) is 24.0 Å². The molecule has 4 atom stereocenters. The average molecular weight is 378 g/mol. The molecule has 13 heteroatoms. The van der Waals surface area contributed by atoms with E-state index in [1.54, 1.807) is 0 Å². The lowest BCUT2D eigenvalue weighted by Crippen LogP contribution is -2.58. The predicted octanol–water partition coefficient (Wildman–Crippen LogP) is -4.67. The van der Waals surface area contributed by atoms with Gasteiger partial charge in [0.05, 0.1) is 25.7 Å². The van der Waals surface area contributed by atoms with Crippen molar-refractivity contribution in [3.05, 3.63) is 0 Å². The molecule has 0 spiro atoms. The van der Waals surface area contributed by atoms with Crippen LogP contribution in [0.4, 0.5) is 0 Å². The number of nitrogens with one attached hydrogen (secondary N) is 3. The van der Waals surface area contributed by atoms with Gasteiger partial charge < -0.3 is 42.1 Å². The Kier molecular flexibility index (Phi) is 9.80. The first-order valence-corrected chi connectivity index (χ1v) is 7.36. The van der Waals surface area contributed by atoms with Crippen molar-refractivity contribution in [2.24, 2.45) is 5.73 Å². The molecule has 0 aromatic rings. The van der Waals surface area contributed by atoms with Crippen LogP contribution in [0.15, 0.2) is 0 Å². The fourth-order valence-electron chi connectivity index (χ4n) is 1.61. The molecule has 0 radical (unpaired) electrons. The van der Waals surface area contributed by atoms with Crippen molar-refractivity contribution in [1.82, 2.24) is 16.0 Å². The van der Waals surface area contributed by atoms with E-state index >= 15 is 0 Å². The van der Waals surface area contributed by atoms with Gasteiger partial charge in [-0.15, -0.1) is 0 Å². The molecule has 26 heavy (non-hydrogen) atoms. The standard InChI is InChI=1S/C13H22N4O9/c1-5(14)10(22)16-7(3-18)12(24)15-6(2-9(20)21)11(23)17-8(4-19)13(25)26/h5-8,18-19H,2-4,14H2,1H3,(H,15,24)(H,16,22)(H,17,23)(H,20,21)(H,25,26). The quantitative estimate of drug-likeness (QED) is 0.171. The van der Waals surface area contributed by atoms with Crippen molar-refractivity contribution in [2.45, 2.75) is 37.5 Å². The van der Waals surface area contributed by atoms with Crippen LogP contribution < -0.4 is 21.7 Å². The van der Waals surface area contributed by atoms with Gasteiger partial charge in [-0.2, -0.15) is 0 Å². The highest BCUT2D eigenvalue weighted by Gasteiger charge is 2.30. The first kappa shape index (κ1) is 23.2. The number of aliphatic carboxylic acids is 2. The number of aliphatic hydroxyl groups is 2. The summed E-state index contributed by atoms with van der Waals surface area (Å²) in [6.45, 7) is -0.498. The summed E-state index contributed by atoms with van der Waals surface area (Å²) >= 11 is 0. The topological polar surface area (TPSA) is 228 Å². The summed E-state index contributed by atoms with van der Waals surface area (Å²) in [6, 6.07) is -5.92.